The number of anilines is 1. The first-order chi connectivity index (χ1) is 12.3. The lowest BCUT2D eigenvalue weighted by molar-refractivity contribution is 0.102. The summed E-state index contributed by atoms with van der Waals surface area (Å²) >= 11 is 0. The predicted octanol–water partition coefficient (Wildman–Crippen LogP) is 4.34. The summed E-state index contributed by atoms with van der Waals surface area (Å²) in [6, 6.07) is 21.8. The standard InChI is InChI=1S/C21H17N3O/c25-21(23-17-10-12-22-13-11-17)19-15-24(14-16-6-2-1-3-7-16)20-9-5-4-8-18(19)20/h1-13,15H,14H2,(H,22,23,25). The van der Waals surface area contributed by atoms with Gasteiger partial charge in [-0.25, -0.2) is 0 Å². The third-order valence-electron chi connectivity index (χ3n) is 4.17. The summed E-state index contributed by atoms with van der Waals surface area (Å²) in [6.45, 7) is 0.726. The largest absolute Gasteiger partial charge is 0.342 e. The number of benzene rings is 2. The van der Waals surface area contributed by atoms with Crippen molar-refractivity contribution in [1.82, 2.24) is 9.55 Å². The van der Waals surface area contributed by atoms with Crippen LogP contribution >= 0.6 is 0 Å². The van der Waals surface area contributed by atoms with Crippen molar-refractivity contribution in [2.24, 2.45) is 0 Å². The van der Waals surface area contributed by atoms with E-state index in [0.717, 1.165) is 23.1 Å². The molecule has 2 heterocycles. The number of amides is 1. The van der Waals surface area contributed by atoms with E-state index in [1.54, 1.807) is 24.5 Å². The van der Waals surface area contributed by atoms with Gasteiger partial charge < -0.3 is 9.88 Å². The zero-order valence-corrected chi connectivity index (χ0v) is 13.6. The van der Waals surface area contributed by atoms with Gasteiger partial charge in [-0.15, -0.1) is 0 Å². The molecular weight excluding hydrogens is 310 g/mol. The van der Waals surface area contributed by atoms with Gasteiger partial charge in [0.2, 0.25) is 0 Å². The second-order valence-electron chi connectivity index (χ2n) is 5.86. The molecule has 1 N–H and O–H groups in total. The van der Waals surface area contributed by atoms with E-state index in [9.17, 15) is 4.79 Å². The second kappa shape index (κ2) is 6.61. The van der Waals surface area contributed by atoms with Gasteiger partial charge in [0.05, 0.1) is 5.56 Å². The number of carbonyl (C=O) groups is 1. The van der Waals surface area contributed by atoms with Gasteiger partial charge in [-0.05, 0) is 23.8 Å². The minimum Gasteiger partial charge on any atom is -0.342 e. The first-order valence-corrected chi connectivity index (χ1v) is 8.14. The van der Waals surface area contributed by atoms with Gasteiger partial charge in [-0.1, -0.05) is 48.5 Å². The van der Waals surface area contributed by atoms with Crippen molar-refractivity contribution in [3.05, 3.63) is 96.4 Å². The fourth-order valence-electron chi connectivity index (χ4n) is 2.97. The van der Waals surface area contributed by atoms with Crippen LogP contribution in [0.5, 0.6) is 0 Å². The van der Waals surface area contributed by atoms with Crippen molar-refractivity contribution in [1.29, 1.82) is 0 Å². The number of nitrogens with zero attached hydrogens (tertiary/aromatic N) is 2. The normalized spacial score (nSPS) is 10.7. The summed E-state index contributed by atoms with van der Waals surface area (Å²) in [5.74, 6) is -0.116. The lowest BCUT2D eigenvalue weighted by Crippen LogP contribution is -2.11. The van der Waals surface area contributed by atoms with E-state index < -0.39 is 0 Å². The summed E-state index contributed by atoms with van der Waals surface area (Å²) in [7, 11) is 0. The molecule has 2 aromatic carbocycles. The van der Waals surface area contributed by atoms with Gasteiger partial charge in [0, 0.05) is 41.7 Å². The number of pyridine rings is 1. The summed E-state index contributed by atoms with van der Waals surface area (Å²) < 4.78 is 2.12. The van der Waals surface area contributed by atoms with E-state index in [1.165, 1.54) is 5.56 Å². The Morgan fingerprint density at radius 2 is 1.64 bits per heavy atom. The zero-order valence-electron chi connectivity index (χ0n) is 13.6. The molecule has 4 rings (SSSR count). The predicted molar refractivity (Wildman–Crippen MR) is 99.7 cm³/mol. The maximum absolute atomic E-state index is 12.7. The van der Waals surface area contributed by atoms with Crippen LogP contribution in [0.1, 0.15) is 15.9 Å². The smallest absolute Gasteiger partial charge is 0.257 e. The highest BCUT2D eigenvalue weighted by molar-refractivity contribution is 6.13. The lowest BCUT2D eigenvalue weighted by Gasteiger charge is -2.05. The van der Waals surface area contributed by atoms with Gasteiger partial charge in [-0.2, -0.15) is 0 Å². The Balaban J connectivity index is 1.71. The van der Waals surface area contributed by atoms with Crippen LogP contribution in [-0.4, -0.2) is 15.5 Å². The Kier molecular flexibility index (Phi) is 4.01. The Morgan fingerprint density at radius 1 is 0.920 bits per heavy atom. The van der Waals surface area contributed by atoms with Crippen LogP contribution in [0, 0.1) is 0 Å². The molecule has 0 radical (unpaired) electrons. The minimum absolute atomic E-state index is 0.116. The molecule has 0 spiro atoms. The van der Waals surface area contributed by atoms with E-state index in [2.05, 4.69) is 27.0 Å². The van der Waals surface area contributed by atoms with Gasteiger partial charge in [0.25, 0.3) is 5.91 Å². The number of rotatable bonds is 4. The van der Waals surface area contributed by atoms with Crippen LogP contribution in [-0.2, 0) is 6.54 Å². The SMILES string of the molecule is O=C(Nc1ccncc1)c1cn(Cc2ccccc2)c2ccccc12. The first kappa shape index (κ1) is 15.1. The highest BCUT2D eigenvalue weighted by atomic mass is 16.1. The highest BCUT2D eigenvalue weighted by Crippen LogP contribution is 2.23. The second-order valence-corrected chi connectivity index (χ2v) is 5.86. The number of nitrogens with one attached hydrogen (secondary N) is 1. The summed E-state index contributed by atoms with van der Waals surface area (Å²) in [6.07, 6.45) is 5.25. The quantitative estimate of drug-likeness (QED) is 0.606. The maximum atomic E-state index is 12.7. The van der Waals surface area contributed by atoms with E-state index in [-0.39, 0.29) is 5.91 Å². The van der Waals surface area contributed by atoms with Crippen molar-refractivity contribution in [3.63, 3.8) is 0 Å². The van der Waals surface area contributed by atoms with Crippen LogP contribution in [0.15, 0.2) is 85.3 Å². The summed E-state index contributed by atoms with van der Waals surface area (Å²) in [5, 5.41) is 3.88. The van der Waals surface area contributed by atoms with Crippen LogP contribution < -0.4 is 5.32 Å². The van der Waals surface area contributed by atoms with Gasteiger partial charge >= 0.3 is 0 Å². The number of para-hydroxylation sites is 1. The van der Waals surface area contributed by atoms with Gasteiger partial charge in [0.15, 0.2) is 0 Å². The van der Waals surface area contributed by atoms with Crippen LogP contribution in [0.4, 0.5) is 5.69 Å². The average Bonchev–Trinajstić information content (AvgIpc) is 3.02. The highest BCUT2D eigenvalue weighted by Gasteiger charge is 2.15. The average molecular weight is 327 g/mol. The summed E-state index contributed by atoms with van der Waals surface area (Å²) in [4.78, 5) is 16.7. The monoisotopic (exact) mass is 327 g/mol. The molecule has 0 aliphatic carbocycles. The molecule has 0 aliphatic heterocycles. The van der Waals surface area contributed by atoms with Crippen molar-refractivity contribution < 1.29 is 4.79 Å². The fourth-order valence-corrected chi connectivity index (χ4v) is 2.97. The van der Waals surface area contributed by atoms with E-state index in [0.29, 0.717) is 5.56 Å². The minimum atomic E-state index is -0.116. The summed E-state index contributed by atoms with van der Waals surface area (Å²) in [5.41, 5.74) is 3.65. The van der Waals surface area contributed by atoms with E-state index in [1.807, 2.05) is 48.7 Å². The van der Waals surface area contributed by atoms with Crippen LogP contribution in [0.25, 0.3) is 10.9 Å². The van der Waals surface area contributed by atoms with Gasteiger partial charge in [-0.3, -0.25) is 9.78 Å². The third kappa shape index (κ3) is 3.15. The van der Waals surface area contributed by atoms with Crippen LogP contribution in [0.3, 0.4) is 0 Å². The number of carbonyl (C=O) groups excluding carboxylic acids is 1. The molecule has 4 aromatic rings. The molecule has 0 saturated carbocycles. The van der Waals surface area contributed by atoms with Crippen LogP contribution in [0.2, 0.25) is 0 Å². The topological polar surface area (TPSA) is 46.9 Å². The molecule has 0 aliphatic rings. The Morgan fingerprint density at radius 3 is 2.44 bits per heavy atom. The maximum Gasteiger partial charge on any atom is 0.257 e. The molecule has 2 aromatic heterocycles. The van der Waals surface area contributed by atoms with Gasteiger partial charge in [0.1, 0.15) is 0 Å². The molecule has 0 fully saturated rings. The Labute approximate surface area is 145 Å². The third-order valence-corrected chi connectivity index (χ3v) is 4.17. The van der Waals surface area contributed by atoms with E-state index in [4.69, 9.17) is 0 Å². The van der Waals surface area contributed by atoms with Crippen molar-refractivity contribution in [2.45, 2.75) is 6.54 Å². The number of hydrogen-bond donors (Lipinski definition) is 1. The molecular formula is C21H17N3O. The van der Waals surface area contributed by atoms with Crippen molar-refractivity contribution in [3.8, 4) is 0 Å². The van der Waals surface area contributed by atoms with Crippen molar-refractivity contribution in [2.75, 3.05) is 5.32 Å². The molecule has 4 heteroatoms. The molecule has 0 bridgehead atoms. The Hall–Kier alpha value is -3.40. The number of hydrogen-bond acceptors (Lipinski definition) is 2. The molecule has 0 saturated heterocycles. The Bertz CT molecular complexity index is 1010. The molecule has 122 valence electrons. The molecule has 25 heavy (non-hydrogen) atoms. The molecule has 4 nitrogen and oxygen atoms in total. The van der Waals surface area contributed by atoms with E-state index >= 15 is 0 Å². The first-order valence-electron chi connectivity index (χ1n) is 8.14. The fraction of sp³-hybridized carbons (Fsp3) is 0.0476. The molecule has 0 atom stereocenters. The zero-order chi connectivity index (χ0) is 17.1. The molecule has 1 amide bonds. The molecule has 0 unspecified atom stereocenters. The lowest BCUT2D eigenvalue weighted by atomic mass is 10.1. The van der Waals surface area contributed by atoms with Crippen molar-refractivity contribution >= 4 is 22.5 Å². The number of fused-ring (bicyclic) bond motifs is 1. The number of aromatic nitrogens is 2.